The molecule has 0 spiro atoms. The first kappa shape index (κ1) is 12.6. The summed E-state index contributed by atoms with van der Waals surface area (Å²) in [6.45, 7) is 1.77. The molecule has 80 valence electrons. The summed E-state index contributed by atoms with van der Waals surface area (Å²) in [6.07, 6.45) is 4.46. The molecule has 1 aromatic heterocycles. The van der Waals surface area contributed by atoms with E-state index in [4.69, 9.17) is 10.2 Å². The van der Waals surface area contributed by atoms with Crippen LogP contribution in [0.1, 0.15) is 19.2 Å². The van der Waals surface area contributed by atoms with Crippen LogP contribution in [0.3, 0.4) is 0 Å². The van der Waals surface area contributed by atoms with Gasteiger partial charge in [-0.15, -0.1) is 0 Å². The fourth-order valence-corrected chi connectivity index (χ4v) is 0.737. The number of carboxylic acid groups (broad SMARTS) is 1. The molecule has 0 amide bonds. The van der Waals surface area contributed by atoms with Crippen LogP contribution in [0, 0.1) is 0 Å². The highest BCUT2D eigenvalue weighted by Gasteiger charge is 1.94. The van der Waals surface area contributed by atoms with E-state index >= 15 is 0 Å². The number of aliphatic hydroxyl groups is 1. The minimum absolute atomic E-state index is 0.171. The molecule has 0 fully saturated rings. The van der Waals surface area contributed by atoms with Gasteiger partial charge in [-0.1, -0.05) is 6.92 Å². The summed E-state index contributed by atoms with van der Waals surface area (Å²) >= 11 is 0. The number of nitrogens with zero attached hydrogens (tertiary/aromatic N) is 2. The van der Waals surface area contributed by atoms with Crippen molar-refractivity contribution in [3.63, 3.8) is 0 Å². The van der Waals surface area contributed by atoms with Crippen LogP contribution in [0.5, 0.6) is 0 Å². The van der Waals surface area contributed by atoms with E-state index in [1.165, 1.54) is 0 Å². The van der Waals surface area contributed by atoms with Crippen molar-refractivity contribution in [3.8, 4) is 0 Å². The fraction of sp³-hybridized carbons (Fsp3) is 0.556. The van der Waals surface area contributed by atoms with E-state index in [-0.39, 0.29) is 13.0 Å². The Morgan fingerprint density at radius 3 is 2.50 bits per heavy atom. The van der Waals surface area contributed by atoms with Crippen molar-refractivity contribution < 1.29 is 15.0 Å². The molecule has 0 bridgehead atoms. The van der Waals surface area contributed by atoms with Gasteiger partial charge in [0.1, 0.15) is 5.82 Å². The van der Waals surface area contributed by atoms with Crippen molar-refractivity contribution in [1.29, 1.82) is 0 Å². The number of hydrogen-bond donors (Lipinski definition) is 2. The monoisotopic (exact) mass is 200 g/mol. The summed E-state index contributed by atoms with van der Waals surface area (Å²) in [5.74, 6) is 0.183. The largest absolute Gasteiger partial charge is 0.481 e. The maximum atomic E-state index is 9.37. The molecule has 1 rings (SSSR count). The minimum atomic E-state index is -0.745. The third-order valence-electron chi connectivity index (χ3n) is 1.56. The number of aromatic nitrogens is 2. The molecular weight excluding hydrogens is 184 g/mol. The van der Waals surface area contributed by atoms with E-state index in [1.54, 1.807) is 13.1 Å². The van der Waals surface area contributed by atoms with Crippen LogP contribution in [0.25, 0.3) is 0 Å². The number of aryl methyl sites for hydroxylation is 1. The Morgan fingerprint density at radius 2 is 2.21 bits per heavy atom. The highest BCUT2D eigenvalue weighted by molar-refractivity contribution is 5.66. The minimum Gasteiger partial charge on any atom is -0.481 e. The maximum absolute atomic E-state index is 9.37. The lowest BCUT2D eigenvalue weighted by molar-refractivity contribution is -0.136. The van der Waals surface area contributed by atoms with Crippen molar-refractivity contribution in [1.82, 2.24) is 9.55 Å². The number of rotatable bonds is 3. The van der Waals surface area contributed by atoms with Crippen LogP contribution in [0.15, 0.2) is 12.4 Å². The third kappa shape index (κ3) is 5.31. The predicted octanol–water partition coefficient (Wildman–Crippen LogP) is 0.436. The number of carbonyl (C=O) groups is 1. The Balaban J connectivity index is 0.000000292. The van der Waals surface area contributed by atoms with E-state index in [1.807, 2.05) is 17.8 Å². The van der Waals surface area contributed by atoms with E-state index < -0.39 is 5.97 Å². The lowest BCUT2D eigenvalue weighted by Crippen LogP contribution is -1.99. The highest BCUT2D eigenvalue weighted by Crippen LogP contribution is 1.92. The average molecular weight is 200 g/mol. The molecule has 0 atom stereocenters. The molecule has 5 nitrogen and oxygen atoms in total. The number of imidazole rings is 1. The van der Waals surface area contributed by atoms with Gasteiger partial charge in [0, 0.05) is 32.3 Å². The van der Waals surface area contributed by atoms with Gasteiger partial charge in [-0.2, -0.15) is 0 Å². The van der Waals surface area contributed by atoms with Crippen LogP contribution in [-0.2, 0) is 18.3 Å². The van der Waals surface area contributed by atoms with Gasteiger partial charge in [-0.25, -0.2) is 4.98 Å². The Bertz CT molecular complexity index is 271. The smallest absolute Gasteiger partial charge is 0.303 e. The molecule has 0 saturated carbocycles. The quantitative estimate of drug-likeness (QED) is 0.742. The summed E-state index contributed by atoms with van der Waals surface area (Å²) in [5.41, 5.74) is 0. The van der Waals surface area contributed by atoms with Crippen molar-refractivity contribution in [3.05, 3.63) is 18.2 Å². The molecule has 14 heavy (non-hydrogen) atoms. The summed E-state index contributed by atoms with van der Waals surface area (Å²) in [4.78, 5) is 13.4. The van der Waals surface area contributed by atoms with Gasteiger partial charge in [0.15, 0.2) is 0 Å². The summed E-state index contributed by atoms with van der Waals surface area (Å²) in [6, 6.07) is 0. The lowest BCUT2D eigenvalue weighted by atomic mass is 10.4. The number of carboxylic acids is 1. The Kier molecular flexibility index (Phi) is 6.39. The van der Waals surface area contributed by atoms with Gasteiger partial charge in [0.2, 0.25) is 0 Å². The van der Waals surface area contributed by atoms with Crippen LogP contribution < -0.4 is 0 Å². The zero-order chi connectivity index (χ0) is 11.0. The maximum Gasteiger partial charge on any atom is 0.303 e. The molecule has 0 aliphatic rings. The van der Waals surface area contributed by atoms with Gasteiger partial charge in [0.05, 0.1) is 6.61 Å². The van der Waals surface area contributed by atoms with Crippen molar-refractivity contribution >= 4 is 5.97 Å². The van der Waals surface area contributed by atoms with Crippen LogP contribution in [0.2, 0.25) is 0 Å². The second kappa shape index (κ2) is 7.08. The molecule has 0 aromatic carbocycles. The topological polar surface area (TPSA) is 75.3 Å². The molecule has 1 aromatic rings. The van der Waals surface area contributed by atoms with E-state index in [0.717, 1.165) is 5.82 Å². The fourth-order valence-electron chi connectivity index (χ4n) is 0.737. The van der Waals surface area contributed by atoms with E-state index in [0.29, 0.717) is 6.42 Å². The van der Waals surface area contributed by atoms with Crippen LogP contribution >= 0.6 is 0 Å². The van der Waals surface area contributed by atoms with Crippen LogP contribution in [0.4, 0.5) is 0 Å². The molecular formula is C9H16N2O3. The molecule has 2 N–H and O–H groups in total. The Hall–Kier alpha value is -1.36. The first-order chi connectivity index (χ1) is 6.61. The highest BCUT2D eigenvalue weighted by atomic mass is 16.4. The van der Waals surface area contributed by atoms with Gasteiger partial charge in [-0.3, -0.25) is 4.79 Å². The molecule has 0 aliphatic carbocycles. The van der Waals surface area contributed by atoms with Gasteiger partial charge in [0.25, 0.3) is 0 Å². The summed E-state index contributed by atoms with van der Waals surface area (Å²) < 4.78 is 1.90. The van der Waals surface area contributed by atoms with Crippen molar-refractivity contribution in [2.24, 2.45) is 7.05 Å². The standard InChI is InChI=1S/C6H10N2O.C3H6O2/c1-8-4-3-7-6(8)2-5-9;1-2-3(4)5/h3-4,9H,2,5H2,1H3;2H2,1H3,(H,4,5). The lowest BCUT2D eigenvalue weighted by Gasteiger charge is -1.95. The SMILES string of the molecule is CCC(=O)O.Cn1ccnc1CCO. The first-order valence-electron chi connectivity index (χ1n) is 4.40. The molecule has 0 aliphatic heterocycles. The molecule has 1 heterocycles. The zero-order valence-corrected chi connectivity index (χ0v) is 8.47. The third-order valence-corrected chi connectivity index (χ3v) is 1.56. The molecule has 5 heteroatoms. The number of aliphatic hydroxyl groups excluding tert-OH is 1. The zero-order valence-electron chi connectivity index (χ0n) is 8.47. The Morgan fingerprint density at radius 1 is 1.64 bits per heavy atom. The summed E-state index contributed by atoms with van der Waals surface area (Å²) in [7, 11) is 1.91. The molecule has 0 saturated heterocycles. The molecule has 0 radical (unpaired) electrons. The second-order valence-corrected chi connectivity index (χ2v) is 2.68. The van der Waals surface area contributed by atoms with E-state index in [9.17, 15) is 4.79 Å². The van der Waals surface area contributed by atoms with Gasteiger partial charge >= 0.3 is 5.97 Å². The Labute approximate surface area is 83.0 Å². The summed E-state index contributed by atoms with van der Waals surface area (Å²) in [5, 5.41) is 16.2. The number of aliphatic carboxylic acids is 1. The average Bonchev–Trinajstić information content (AvgIpc) is 2.54. The predicted molar refractivity (Wildman–Crippen MR) is 51.9 cm³/mol. The van der Waals surface area contributed by atoms with Crippen molar-refractivity contribution in [2.75, 3.05) is 6.61 Å². The number of hydrogen-bond acceptors (Lipinski definition) is 3. The molecule has 0 unspecified atom stereocenters. The normalized spacial score (nSPS) is 9.07. The first-order valence-corrected chi connectivity index (χ1v) is 4.40. The van der Waals surface area contributed by atoms with Gasteiger partial charge < -0.3 is 14.8 Å². The van der Waals surface area contributed by atoms with E-state index in [2.05, 4.69) is 4.98 Å². The van der Waals surface area contributed by atoms with Crippen molar-refractivity contribution in [2.45, 2.75) is 19.8 Å². The van der Waals surface area contributed by atoms with Crippen LogP contribution in [-0.4, -0.2) is 32.3 Å². The van der Waals surface area contributed by atoms with Gasteiger partial charge in [-0.05, 0) is 0 Å². The second-order valence-electron chi connectivity index (χ2n) is 2.68.